The number of benzene rings is 3. The van der Waals surface area contributed by atoms with Crippen LogP contribution in [0.2, 0.25) is 15.1 Å². The van der Waals surface area contributed by atoms with Crippen molar-refractivity contribution in [1.82, 2.24) is 25.5 Å². The van der Waals surface area contributed by atoms with Gasteiger partial charge < -0.3 is 14.8 Å². The lowest BCUT2D eigenvalue weighted by Gasteiger charge is -2.16. The van der Waals surface area contributed by atoms with Crippen LogP contribution in [0.25, 0.3) is 5.69 Å². The third-order valence-corrected chi connectivity index (χ3v) is 7.09. The van der Waals surface area contributed by atoms with E-state index in [1.807, 2.05) is 43.3 Å². The molecule has 1 N–H and O–H groups in total. The van der Waals surface area contributed by atoms with Crippen LogP contribution in [0.1, 0.15) is 18.1 Å². The summed E-state index contributed by atoms with van der Waals surface area (Å²) in [6.07, 6.45) is 0. The number of para-hydroxylation sites is 1. The monoisotopic (exact) mass is 563 g/mol. The van der Waals surface area contributed by atoms with Crippen molar-refractivity contribution in [2.24, 2.45) is 0 Å². The van der Waals surface area contributed by atoms with E-state index in [4.69, 9.17) is 44.3 Å². The lowest BCUT2D eigenvalue weighted by atomic mass is 10.2. The Balaban J connectivity index is 1.33. The Morgan fingerprint density at radius 2 is 1.67 bits per heavy atom. The highest BCUT2D eigenvalue weighted by atomic mass is 35.5. The normalized spacial score (nSPS) is 11.0. The molecule has 11 heteroatoms. The van der Waals surface area contributed by atoms with E-state index in [9.17, 15) is 0 Å². The maximum absolute atomic E-state index is 6.57. The number of halogens is 3. The van der Waals surface area contributed by atoms with Gasteiger partial charge in [-0.05, 0) is 53.2 Å². The van der Waals surface area contributed by atoms with Gasteiger partial charge in [0.05, 0.1) is 12.3 Å². The highest BCUT2D eigenvalue weighted by Gasteiger charge is 2.14. The maximum Gasteiger partial charge on any atom is 0.214 e. The second-order valence-corrected chi connectivity index (χ2v) is 9.83. The Kier molecular flexibility index (Phi) is 9.72. The van der Waals surface area contributed by atoms with Crippen LogP contribution in [-0.2, 0) is 13.2 Å². The maximum atomic E-state index is 6.57. The van der Waals surface area contributed by atoms with Crippen LogP contribution in [0.3, 0.4) is 0 Å². The molecule has 0 aliphatic rings. The van der Waals surface area contributed by atoms with E-state index in [0.29, 0.717) is 45.3 Å². The fraction of sp³-hybridized carbons (Fsp3) is 0.240. The molecule has 7 nitrogen and oxygen atoms in total. The number of nitrogens with one attached hydrogen (secondary N) is 1. The number of hydrogen-bond acceptors (Lipinski definition) is 7. The average molecular weight is 565 g/mol. The molecule has 0 unspecified atom stereocenters. The average Bonchev–Trinajstić information content (AvgIpc) is 3.35. The smallest absolute Gasteiger partial charge is 0.214 e. The SMILES string of the molecule is CCOc1cc(CNCCSc2nnnn2-c2ccccc2)c(Cl)cc1OCc1c(Cl)cccc1Cl. The molecule has 4 rings (SSSR count). The van der Waals surface area contributed by atoms with Crippen LogP contribution in [0, 0.1) is 0 Å². The first kappa shape index (κ1) is 26.6. The number of tetrazole rings is 1. The van der Waals surface area contributed by atoms with Crippen molar-refractivity contribution in [2.75, 3.05) is 18.9 Å². The van der Waals surface area contributed by atoms with E-state index in [1.54, 1.807) is 40.7 Å². The molecule has 3 aromatic carbocycles. The summed E-state index contributed by atoms with van der Waals surface area (Å²) in [6, 6.07) is 18.8. The quantitative estimate of drug-likeness (QED) is 0.156. The predicted octanol–water partition coefficient (Wildman–Crippen LogP) is 6.48. The van der Waals surface area contributed by atoms with Gasteiger partial charge >= 0.3 is 0 Å². The molecular weight excluding hydrogens is 541 g/mol. The van der Waals surface area contributed by atoms with Crippen molar-refractivity contribution in [3.63, 3.8) is 0 Å². The summed E-state index contributed by atoms with van der Waals surface area (Å²) in [4.78, 5) is 0. The Labute approximate surface area is 229 Å². The van der Waals surface area contributed by atoms with Crippen LogP contribution in [0.5, 0.6) is 11.5 Å². The van der Waals surface area contributed by atoms with Gasteiger partial charge in [0.1, 0.15) is 6.61 Å². The standard InChI is InChI=1S/C25H24Cl3N5O2S/c1-2-34-23-13-17(22(28)14-24(23)35-16-19-20(26)9-6-10-21(19)27)15-29-11-12-36-25-30-31-32-33(25)18-7-4-3-5-8-18/h3-10,13-14,29H,2,11-12,15-16H2,1H3. The fourth-order valence-electron chi connectivity index (χ4n) is 3.35. The molecule has 0 aliphatic heterocycles. The van der Waals surface area contributed by atoms with Crippen LogP contribution in [0.4, 0.5) is 0 Å². The molecule has 0 saturated heterocycles. The van der Waals surface area contributed by atoms with Crippen LogP contribution >= 0.6 is 46.6 Å². The molecular formula is C25H24Cl3N5O2S. The van der Waals surface area contributed by atoms with Crippen molar-refractivity contribution < 1.29 is 9.47 Å². The molecule has 0 aliphatic carbocycles. The van der Waals surface area contributed by atoms with E-state index < -0.39 is 0 Å². The van der Waals surface area contributed by atoms with Crippen molar-refractivity contribution >= 4 is 46.6 Å². The first-order valence-electron chi connectivity index (χ1n) is 11.2. The molecule has 0 bridgehead atoms. The molecule has 0 amide bonds. The zero-order chi connectivity index (χ0) is 25.3. The lowest BCUT2D eigenvalue weighted by Crippen LogP contribution is -2.17. The molecule has 0 spiro atoms. The number of nitrogens with zero attached hydrogens (tertiary/aromatic N) is 4. The van der Waals surface area contributed by atoms with E-state index >= 15 is 0 Å². The third-order valence-electron chi connectivity index (χ3n) is 5.11. The van der Waals surface area contributed by atoms with Gasteiger partial charge in [-0.25, -0.2) is 0 Å². The van der Waals surface area contributed by atoms with Crippen LogP contribution < -0.4 is 14.8 Å². The summed E-state index contributed by atoms with van der Waals surface area (Å²) < 4.78 is 13.5. The second kappa shape index (κ2) is 13.2. The van der Waals surface area contributed by atoms with Crippen LogP contribution in [0.15, 0.2) is 65.8 Å². The highest BCUT2D eigenvalue weighted by molar-refractivity contribution is 7.99. The minimum Gasteiger partial charge on any atom is -0.490 e. The summed E-state index contributed by atoms with van der Waals surface area (Å²) in [5.74, 6) is 1.92. The van der Waals surface area contributed by atoms with Gasteiger partial charge in [0, 0.05) is 45.5 Å². The predicted molar refractivity (Wildman–Crippen MR) is 145 cm³/mol. The summed E-state index contributed by atoms with van der Waals surface area (Å²) >= 11 is 20.7. The van der Waals surface area contributed by atoms with E-state index in [2.05, 4.69) is 20.8 Å². The number of ether oxygens (including phenoxy) is 2. The largest absolute Gasteiger partial charge is 0.490 e. The molecule has 0 atom stereocenters. The van der Waals surface area contributed by atoms with Crippen molar-refractivity contribution in [3.8, 4) is 17.2 Å². The molecule has 0 fully saturated rings. The Morgan fingerprint density at radius 1 is 0.917 bits per heavy atom. The van der Waals surface area contributed by atoms with E-state index in [-0.39, 0.29) is 6.61 Å². The highest BCUT2D eigenvalue weighted by Crippen LogP contribution is 2.35. The van der Waals surface area contributed by atoms with Crippen molar-refractivity contribution in [3.05, 3.63) is 86.9 Å². The topological polar surface area (TPSA) is 74.1 Å². The zero-order valence-corrected chi connectivity index (χ0v) is 22.5. The third kappa shape index (κ3) is 6.83. The Morgan fingerprint density at radius 3 is 2.42 bits per heavy atom. The van der Waals surface area contributed by atoms with Gasteiger partial charge in [0.25, 0.3) is 0 Å². The van der Waals surface area contributed by atoms with Gasteiger partial charge in [-0.1, -0.05) is 70.8 Å². The molecule has 36 heavy (non-hydrogen) atoms. The summed E-state index contributed by atoms with van der Waals surface area (Å²) in [5.41, 5.74) is 2.54. The van der Waals surface area contributed by atoms with Crippen molar-refractivity contribution in [1.29, 1.82) is 0 Å². The Bertz CT molecular complexity index is 1270. The summed E-state index contributed by atoms with van der Waals surface area (Å²) in [7, 11) is 0. The van der Waals surface area contributed by atoms with Crippen molar-refractivity contribution in [2.45, 2.75) is 25.2 Å². The van der Waals surface area contributed by atoms with Gasteiger partial charge in [-0.3, -0.25) is 0 Å². The number of aromatic nitrogens is 4. The molecule has 0 saturated carbocycles. The zero-order valence-electron chi connectivity index (χ0n) is 19.5. The number of thioether (sulfide) groups is 1. The second-order valence-electron chi connectivity index (χ2n) is 7.55. The molecule has 0 radical (unpaired) electrons. The molecule has 1 heterocycles. The minimum atomic E-state index is 0.201. The first-order chi connectivity index (χ1) is 17.6. The minimum absolute atomic E-state index is 0.201. The fourth-order valence-corrected chi connectivity index (χ4v) is 4.87. The van der Waals surface area contributed by atoms with Gasteiger partial charge in [0.15, 0.2) is 11.5 Å². The van der Waals surface area contributed by atoms with Gasteiger partial charge in [-0.15, -0.1) is 5.10 Å². The van der Waals surface area contributed by atoms with E-state index in [0.717, 1.165) is 28.7 Å². The van der Waals surface area contributed by atoms with Crippen LogP contribution in [-0.4, -0.2) is 39.1 Å². The summed E-state index contributed by atoms with van der Waals surface area (Å²) in [6.45, 7) is 3.91. The first-order valence-corrected chi connectivity index (χ1v) is 13.4. The Hall–Kier alpha value is -2.49. The number of hydrogen-bond donors (Lipinski definition) is 1. The van der Waals surface area contributed by atoms with Gasteiger partial charge in [0.2, 0.25) is 5.16 Å². The molecule has 1 aromatic heterocycles. The number of rotatable bonds is 12. The lowest BCUT2D eigenvalue weighted by molar-refractivity contribution is 0.269. The molecule has 188 valence electrons. The summed E-state index contributed by atoms with van der Waals surface area (Å²) in [5, 5.41) is 17.8. The van der Waals surface area contributed by atoms with Gasteiger partial charge in [-0.2, -0.15) is 4.68 Å². The van der Waals surface area contributed by atoms with E-state index in [1.165, 1.54) is 0 Å². The molecule has 4 aromatic rings.